The molecular weight excluding hydrogens is 302 g/mol. The molecule has 1 saturated carbocycles. The Bertz CT molecular complexity index is 709. The molecule has 3 aliphatic rings. The number of hydrogen-bond acceptors (Lipinski definition) is 3. The lowest BCUT2D eigenvalue weighted by Gasteiger charge is -2.48. The summed E-state index contributed by atoms with van der Waals surface area (Å²) in [5.41, 5.74) is 3.88. The maximum absolute atomic E-state index is 12.5. The number of allylic oxidation sites excluding steroid dienone is 2. The third-order valence-electron chi connectivity index (χ3n) is 5.99. The third kappa shape index (κ3) is 2.32. The quantitative estimate of drug-likeness (QED) is 0.632. The van der Waals surface area contributed by atoms with Crippen molar-refractivity contribution in [2.75, 3.05) is 13.7 Å². The Morgan fingerprint density at radius 1 is 1.08 bits per heavy atom. The molecule has 4 atom stereocenters. The van der Waals surface area contributed by atoms with E-state index in [1.54, 1.807) is 7.05 Å². The van der Waals surface area contributed by atoms with Crippen LogP contribution in [0.15, 0.2) is 41.5 Å². The van der Waals surface area contributed by atoms with Gasteiger partial charge in [0.2, 0.25) is 11.8 Å². The number of likely N-dealkylation sites (tertiary alicyclic amines) is 1. The largest absolute Gasteiger partial charge is 0.376 e. The molecule has 4 nitrogen and oxygen atoms in total. The number of rotatable bonds is 4. The fraction of sp³-hybridized carbons (Fsp3) is 0.500. The lowest BCUT2D eigenvalue weighted by Crippen LogP contribution is -2.45. The second kappa shape index (κ2) is 5.85. The van der Waals surface area contributed by atoms with Gasteiger partial charge in [-0.05, 0) is 37.2 Å². The van der Waals surface area contributed by atoms with Gasteiger partial charge in [-0.25, -0.2) is 0 Å². The van der Waals surface area contributed by atoms with Crippen LogP contribution in [0, 0.1) is 23.7 Å². The first kappa shape index (κ1) is 15.6. The van der Waals surface area contributed by atoms with Gasteiger partial charge in [-0.15, -0.1) is 0 Å². The van der Waals surface area contributed by atoms with Crippen LogP contribution in [0.3, 0.4) is 0 Å². The van der Waals surface area contributed by atoms with E-state index in [1.165, 1.54) is 16.0 Å². The average molecular weight is 325 g/mol. The number of ether oxygens (including phenoxy) is 1. The second-order valence-electron chi connectivity index (χ2n) is 7.37. The molecule has 1 saturated heterocycles. The van der Waals surface area contributed by atoms with Crippen LogP contribution in [0.25, 0.3) is 0 Å². The average Bonchev–Trinajstić information content (AvgIpc) is 2.76. The van der Waals surface area contributed by atoms with Gasteiger partial charge in [0.1, 0.15) is 0 Å². The third-order valence-corrected chi connectivity index (χ3v) is 5.99. The Balaban J connectivity index is 1.45. The van der Waals surface area contributed by atoms with Gasteiger partial charge in [-0.2, -0.15) is 0 Å². The molecule has 1 aromatic rings. The number of carbonyl (C=O) groups excluding carboxylic acids is 2. The Labute approximate surface area is 142 Å². The molecule has 2 fully saturated rings. The Morgan fingerprint density at radius 2 is 1.83 bits per heavy atom. The zero-order valence-corrected chi connectivity index (χ0v) is 14.2. The fourth-order valence-electron chi connectivity index (χ4n) is 4.69. The van der Waals surface area contributed by atoms with Crippen molar-refractivity contribution in [3.8, 4) is 0 Å². The standard InChI is InChI=1S/C20H23NO3/c1-12-8-16-18(20(23)21(2)19(16)22)17-14(9-15(12)17)11-24-10-13-6-4-3-5-7-13/h3-7,14,16-18H,8-11H2,1-2H3/t14-,16+,17-,18+/m0/s1. The van der Waals surface area contributed by atoms with Crippen molar-refractivity contribution in [1.82, 2.24) is 4.90 Å². The first-order valence-corrected chi connectivity index (χ1v) is 8.69. The molecule has 1 heterocycles. The maximum Gasteiger partial charge on any atom is 0.233 e. The number of fused-ring (bicyclic) bond motifs is 3. The van der Waals surface area contributed by atoms with Crippen molar-refractivity contribution in [1.29, 1.82) is 0 Å². The van der Waals surface area contributed by atoms with E-state index in [9.17, 15) is 9.59 Å². The summed E-state index contributed by atoms with van der Waals surface area (Å²) in [7, 11) is 1.62. The van der Waals surface area contributed by atoms with Crippen LogP contribution < -0.4 is 0 Å². The van der Waals surface area contributed by atoms with Gasteiger partial charge in [0.15, 0.2) is 0 Å². The highest BCUT2D eigenvalue weighted by Crippen LogP contribution is 2.55. The van der Waals surface area contributed by atoms with Crippen LogP contribution in [0.1, 0.15) is 25.3 Å². The summed E-state index contributed by atoms with van der Waals surface area (Å²) in [5.74, 6) is 0.274. The zero-order chi connectivity index (χ0) is 16.8. The van der Waals surface area contributed by atoms with E-state index in [1.807, 2.05) is 18.2 Å². The molecule has 2 amide bonds. The van der Waals surface area contributed by atoms with E-state index in [-0.39, 0.29) is 29.6 Å². The summed E-state index contributed by atoms with van der Waals surface area (Å²) in [5, 5.41) is 0. The number of amides is 2. The van der Waals surface area contributed by atoms with Crippen molar-refractivity contribution in [2.45, 2.75) is 26.4 Å². The summed E-state index contributed by atoms with van der Waals surface area (Å²) < 4.78 is 5.91. The molecule has 4 rings (SSSR count). The van der Waals surface area contributed by atoms with Crippen LogP contribution in [0.2, 0.25) is 0 Å². The highest BCUT2D eigenvalue weighted by molar-refractivity contribution is 6.05. The molecule has 0 aromatic heterocycles. The minimum Gasteiger partial charge on any atom is -0.376 e. The van der Waals surface area contributed by atoms with Gasteiger partial charge in [0, 0.05) is 7.05 Å². The Hall–Kier alpha value is -1.94. The predicted molar refractivity (Wildman–Crippen MR) is 89.8 cm³/mol. The van der Waals surface area contributed by atoms with Gasteiger partial charge in [-0.3, -0.25) is 14.5 Å². The van der Waals surface area contributed by atoms with Gasteiger partial charge in [0.05, 0.1) is 25.0 Å². The summed E-state index contributed by atoms with van der Waals surface area (Å²) >= 11 is 0. The highest BCUT2D eigenvalue weighted by Gasteiger charge is 2.57. The van der Waals surface area contributed by atoms with Crippen LogP contribution >= 0.6 is 0 Å². The number of benzene rings is 1. The minimum absolute atomic E-state index is 0.000691. The maximum atomic E-state index is 12.5. The first-order chi connectivity index (χ1) is 11.6. The van der Waals surface area contributed by atoms with E-state index < -0.39 is 0 Å². The smallest absolute Gasteiger partial charge is 0.233 e. The fourth-order valence-corrected chi connectivity index (χ4v) is 4.69. The first-order valence-electron chi connectivity index (χ1n) is 8.69. The highest BCUT2D eigenvalue weighted by atomic mass is 16.5. The van der Waals surface area contributed by atoms with Gasteiger partial charge in [0.25, 0.3) is 0 Å². The normalized spacial score (nSPS) is 31.8. The van der Waals surface area contributed by atoms with E-state index >= 15 is 0 Å². The number of imide groups is 1. The van der Waals surface area contributed by atoms with E-state index in [0.717, 1.165) is 18.4 Å². The van der Waals surface area contributed by atoms with Gasteiger partial charge < -0.3 is 4.74 Å². The lowest BCUT2D eigenvalue weighted by atomic mass is 9.56. The zero-order valence-electron chi connectivity index (χ0n) is 14.2. The van der Waals surface area contributed by atoms with E-state index in [2.05, 4.69) is 19.1 Å². The van der Waals surface area contributed by atoms with E-state index in [0.29, 0.717) is 19.1 Å². The summed E-state index contributed by atoms with van der Waals surface area (Å²) in [6, 6.07) is 10.1. The molecule has 0 radical (unpaired) electrons. The van der Waals surface area contributed by atoms with Gasteiger partial charge in [-0.1, -0.05) is 41.5 Å². The molecule has 4 heteroatoms. The number of nitrogens with zero attached hydrogens (tertiary/aromatic N) is 1. The molecule has 126 valence electrons. The molecule has 0 N–H and O–H groups in total. The van der Waals surface area contributed by atoms with Crippen molar-refractivity contribution >= 4 is 11.8 Å². The van der Waals surface area contributed by atoms with E-state index in [4.69, 9.17) is 4.74 Å². The van der Waals surface area contributed by atoms with Crippen LogP contribution in [-0.2, 0) is 20.9 Å². The van der Waals surface area contributed by atoms with Crippen molar-refractivity contribution in [3.05, 3.63) is 47.0 Å². The number of carbonyl (C=O) groups is 2. The second-order valence-corrected chi connectivity index (χ2v) is 7.37. The predicted octanol–water partition coefficient (Wildman–Crippen LogP) is 2.79. The minimum atomic E-state index is -0.153. The Morgan fingerprint density at radius 3 is 2.58 bits per heavy atom. The van der Waals surface area contributed by atoms with Crippen LogP contribution in [-0.4, -0.2) is 30.4 Å². The molecule has 0 unspecified atom stereocenters. The summed E-state index contributed by atoms with van der Waals surface area (Å²) in [6.07, 6.45) is 1.77. The molecule has 0 bridgehead atoms. The lowest BCUT2D eigenvalue weighted by molar-refractivity contribution is -0.138. The Kier molecular flexibility index (Phi) is 3.80. The van der Waals surface area contributed by atoms with Crippen molar-refractivity contribution < 1.29 is 14.3 Å². The van der Waals surface area contributed by atoms with Crippen molar-refractivity contribution in [3.63, 3.8) is 0 Å². The van der Waals surface area contributed by atoms with Crippen LogP contribution in [0.5, 0.6) is 0 Å². The topological polar surface area (TPSA) is 46.6 Å². The van der Waals surface area contributed by atoms with Gasteiger partial charge >= 0.3 is 0 Å². The molecule has 0 spiro atoms. The monoisotopic (exact) mass is 325 g/mol. The molecule has 2 aliphatic carbocycles. The molecular formula is C20H23NO3. The summed E-state index contributed by atoms with van der Waals surface area (Å²) in [4.78, 5) is 26.2. The molecule has 1 aliphatic heterocycles. The van der Waals surface area contributed by atoms with Crippen LogP contribution in [0.4, 0.5) is 0 Å². The SMILES string of the molecule is CC1=C2C[C@@H](COCc3ccccc3)[C@@H]2[C@@H]2C(=O)N(C)C(=O)[C@@H]2C1. The summed E-state index contributed by atoms with van der Waals surface area (Å²) in [6.45, 7) is 3.38. The van der Waals surface area contributed by atoms with Crippen molar-refractivity contribution in [2.24, 2.45) is 23.7 Å². The molecule has 1 aromatic carbocycles. The number of hydrogen-bond donors (Lipinski definition) is 0. The molecule has 24 heavy (non-hydrogen) atoms.